The SMILES string of the molecule is Cc1coc(C(O)C(C)(C)C(C)(C)c2ccccc2)n1. The van der Waals surface area contributed by atoms with Crippen LogP contribution < -0.4 is 0 Å². The number of nitrogens with zero attached hydrogens (tertiary/aromatic N) is 1. The highest BCUT2D eigenvalue weighted by Crippen LogP contribution is 2.48. The van der Waals surface area contributed by atoms with E-state index in [1.165, 1.54) is 5.56 Å². The molecule has 0 saturated carbocycles. The molecule has 1 N–H and O–H groups in total. The van der Waals surface area contributed by atoms with Crippen molar-refractivity contribution in [3.8, 4) is 0 Å². The van der Waals surface area contributed by atoms with Crippen LogP contribution >= 0.6 is 0 Å². The highest BCUT2D eigenvalue weighted by molar-refractivity contribution is 5.27. The Hall–Kier alpha value is -1.61. The lowest BCUT2D eigenvalue weighted by Crippen LogP contribution is -2.41. The lowest BCUT2D eigenvalue weighted by Gasteiger charge is -2.44. The van der Waals surface area contributed by atoms with Crippen molar-refractivity contribution >= 4 is 0 Å². The summed E-state index contributed by atoms with van der Waals surface area (Å²) in [5.74, 6) is 0.386. The molecule has 2 rings (SSSR count). The van der Waals surface area contributed by atoms with E-state index in [0.29, 0.717) is 5.89 Å². The smallest absolute Gasteiger partial charge is 0.223 e. The maximum absolute atomic E-state index is 10.7. The van der Waals surface area contributed by atoms with Gasteiger partial charge in [-0.3, -0.25) is 0 Å². The summed E-state index contributed by atoms with van der Waals surface area (Å²) in [6, 6.07) is 10.2. The van der Waals surface area contributed by atoms with Crippen molar-refractivity contribution < 1.29 is 9.52 Å². The Labute approximate surface area is 120 Å². The maximum Gasteiger partial charge on any atom is 0.223 e. The number of aliphatic hydroxyl groups excluding tert-OH is 1. The highest BCUT2D eigenvalue weighted by Gasteiger charge is 2.46. The Kier molecular flexibility index (Phi) is 3.74. The van der Waals surface area contributed by atoms with Gasteiger partial charge in [0, 0.05) is 5.41 Å². The van der Waals surface area contributed by atoms with Crippen molar-refractivity contribution in [2.24, 2.45) is 5.41 Å². The van der Waals surface area contributed by atoms with Gasteiger partial charge in [0.1, 0.15) is 12.4 Å². The number of aryl methyl sites for hydroxylation is 1. The van der Waals surface area contributed by atoms with E-state index >= 15 is 0 Å². The number of hydrogen-bond donors (Lipinski definition) is 1. The van der Waals surface area contributed by atoms with E-state index in [9.17, 15) is 5.11 Å². The number of aromatic nitrogens is 1. The summed E-state index contributed by atoms with van der Waals surface area (Å²) in [4.78, 5) is 4.27. The summed E-state index contributed by atoms with van der Waals surface area (Å²) in [6.45, 7) is 10.2. The second-order valence-electron chi connectivity index (χ2n) is 6.44. The summed E-state index contributed by atoms with van der Waals surface area (Å²) in [5.41, 5.74) is 1.32. The molecule has 20 heavy (non-hydrogen) atoms. The molecular weight excluding hydrogens is 250 g/mol. The molecule has 0 aliphatic heterocycles. The summed E-state index contributed by atoms with van der Waals surface area (Å²) in [5, 5.41) is 10.7. The predicted octanol–water partition coefficient (Wildman–Crippen LogP) is 4.02. The second-order valence-corrected chi connectivity index (χ2v) is 6.44. The van der Waals surface area contributed by atoms with Gasteiger partial charge in [-0.05, 0) is 17.9 Å². The number of oxazole rings is 1. The van der Waals surface area contributed by atoms with Crippen LogP contribution in [0.1, 0.15) is 50.9 Å². The van der Waals surface area contributed by atoms with E-state index in [1.807, 2.05) is 39.0 Å². The van der Waals surface area contributed by atoms with E-state index in [-0.39, 0.29) is 5.41 Å². The predicted molar refractivity (Wildman–Crippen MR) is 79.4 cm³/mol. The molecule has 1 aromatic carbocycles. The first-order valence-corrected chi connectivity index (χ1v) is 6.92. The molecule has 0 spiro atoms. The van der Waals surface area contributed by atoms with E-state index in [2.05, 4.69) is 31.0 Å². The molecule has 0 bridgehead atoms. The molecule has 2 aromatic rings. The summed E-state index contributed by atoms with van der Waals surface area (Å²) in [7, 11) is 0. The van der Waals surface area contributed by atoms with Crippen molar-refractivity contribution in [1.29, 1.82) is 0 Å². The number of aliphatic hydroxyl groups is 1. The van der Waals surface area contributed by atoms with Gasteiger partial charge in [0.25, 0.3) is 0 Å². The third-order valence-corrected chi connectivity index (χ3v) is 4.66. The van der Waals surface area contributed by atoms with Crippen LogP contribution in [0.2, 0.25) is 0 Å². The minimum Gasteiger partial charge on any atom is -0.446 e. The van der Waals surface area contributed by atoms with E-state index in [1.54, 1.807) is 6.26 Å². The fourth-order valence-electron chi connectivity index (χ4n) is 2.38. The molecule has 0 saturated heterocycles. The van der Waals surface area contributed by atoms with Crippen molar-refractivity contribution in [2.45, 2.75) is 46.1 Å². The van der Waals surface area contributed by atoms with Crippen LogP contribution in [0, 0.1) is 12.3 Å². The van der Waals surface area contributed by atoms with Gasteiger partial charge in [0.2, 0.25) is 5.89 Å². The minimum atomic E-state index is -0.758. The molecule has 1 heterocycles. The van der Waals surface area contributed by atoms with Crippen molar-refractivity contribution in [3.63, 3.8) is 0 Å². The van der Waals surface area contributed by atoms with Gasteiger partial charge in [-0.25, -0.2) is 4.98 Å². The zero-order valence-corrected chi connectivity index (χ0v) is 12.8. The fourth-order valence-corrected chi connectivity index (χ4v) is 2.38. The monoisotopic (exact) mass is 273 g/mol. The van der Waals surface area contributed by atoms with Crippen LogP contribution in [0.3, 0.4) is 0 Å². The molecule has 1 unspecified atom stereocenters. The molecule has 0 aliphatic rings. The molecule has 1 aromatic heterocycles. The van der Waals surface area contributed by atoms with E-state index < -0.39 is 11.5 Å². The molecule has 0 radical (unpaired) electrons. The van der Waals surface area contributed by atoms with E-state index in [4.69, 9.17) is 4.42 Å². The number of hydrogen-bond acceptors (Lipinski definition) is 3. The van der Waals surface area contributed by atoms with Crippen molar-refractivity contribution in [3.05, 3.63) is 53.7 Å². The van der Waals surface area contributed by atoms with Gasteiger partial charge in [-0.2, -0.15) is 0 Å². The fraction of sp³-hybridized carbons (Fsp3) is 0.471. The minimum absolute atomic E-state index is 0.226. The Morgan fingerprint density at radius 3 is 2.20 bits per heavy atom. The van der Waals surface area contributed by atoms with Crippen molar-refractivity contribution in [1.82, 2.24) is 4.98 Å². The van der Waals surface area contributed by atoms with Gasteiger partial charge in [0.05, 0.1) is 5.69 Å². The number of benzene rings is 1. The summed E-state index contributed by atoms with van der Waals surface area (Å²) in [6.07, 6.45) is 0.816. The molecule has 0 aliphatic carbocycles. The molecule has 3 nitrogen and oxygen atoms in total. The topological polar surface area (TPSA) is 46.3 Å². The molecule has 0 amide bonds. The van der Waals surface area contributed by atoms with Crippen molar-refractivity contribution in [2.75, 3.05) is 0 Å². The Morgan fingerprint density at radius 2 is 1.70 bits per heavy atom. The quantitative estimate of drug-likeness (QED) is 0.915. The van der Waals surface area contributed by atoms with Crippen LogP contribution in [0.15, 0.2) is 41.0 Å². The Bertz CT molecular complexity index is 570. The number of rotatable bonds is 4. The maximum atomic E-state index is 10.7. The average molecular weight is 273 g/mol. The Balaban J connectivity index is 2.38. The largest absolute Gasteiger partial charge is 0.446 e. The second kappa shape index (κ2) is 5.06. The molecule has 0 fully saturated rings. The zero-order chi connectivity index (χ0) is 15.0. The zero-order valence-electron chi connectivity index (χ0n) is 12.8. The van der Waals surface area contributed by atoms with Crippen LogP contribution in [0.4, 0.5) is 0 Å². The lowest BCUT2D eigenvalue weighted by atomic mass is 9.61. The van der Waals surface area contributed by atoms with Crippen LogP contribution in [-0.2, 0) is 5.41 Å². The summed E-state index contributed by atoms with van der Waals surface area (Å²) < 4.78 is 5.38. The standard InChI is InChI=1S/C17H23NO2/c1-12-11-20-15(18-12)14(19)17(4,5)16(2,3)13-9-7-6-8-10-13/h6-11,14,19H,1-5H3. The van der Waals surface area contributed by atoms with Gasteiger partial charge in [-0.15, -0.1) is 0 Å². The van der Waals surface area contributed by atoms with Crippen LogP contribution in [0.25, 0.3) is 0 Å². The Morgan fingerprint density at radius 1 is 1.10 bits per heavy atom. The third-order valence-electron chi connectivity index (χ3n) is 4.66. The van der Waals surface area contributed by atoms with Crippen LogP contribution in [0.5, 0.6) is 0 Å². The first-order valence-electron chi connectivity index (χ1n) is 6.92. The van der Waals surface area contributed by atoms with E-state index in [0.717, 1.165) is 5.69 Å². The van der Waals surface area contributed by atoms with Crippen LogP contribution in [-0.4, -0.2) is 10.1 Å². The van der Waals surface area contributed by atoms with Gasteiger partial charge in [-0.1, -0.05) is 58.0 Å². The molecule has 1 atom stereocenters. The average Bonchev–Trinajstić information content (AvgIpc) is 2.85. The lowest BCUT2D eigenvalue weighted by molar-refractivity contribution is -0.0191. The first kappa shape index (κ1) is 14.8. The highest BCUT2D eigenvalue weighted by atomic mass is 16.4. The molecular formula is C17H23NO2. The normalized spacial score (nSPS) is 14.3. The molecule has 108 valence electrons. The first-order chi connectivity index (χ1) is 9.26. The van der Waals surface area contributed by atoms with Gasteiger partial charge in [0.15, 0.2) is 0 Å². The van der Waals surface area contributed by atoms with Gasteiger partial charge < -0.3 is 9.52 Å². The van der Waals surface area contributed by atoms with Gasteiger partial charge >= 0.3 is 0 Å². The summed E-state index contributed by atoms with van der Waals surface area (Å²) >= 11 is 0. The molecule has 3 heteroatoms. The third kappa shape index (κ3) is 2.38.